The van der Waals surface area contributed by atoms with Gasteiger partial charge in [-0.05, 0) is 17.7 Å². The number of H-pyrrole nitrogens is 1. The highest BCUT2D eigenvalue weighted by molar-refractivity contribution is 5.98. The van der Waals surface area contributed by atoms with E-state index in [2.05, 4.69) is 10.3 Å². The number of ether oxygens (including phenoxy) is 2. The molecule has 36 heavy (non-hydrogen) atoms. The van der Waals surface area contributed by atoms with Crippen LogP contribution in [0.25, 0.3) is 0 Å². The van der Waals surface area contributed by atoms with Crippen molar-refractivity contribution in [1.82, 2.24) is 14.9 Å². The van der Waals surface area contributed by atoms with Crippen LogP contribution in [0.5, 0.6) is 5.75 Å². The third-order valence-electron chi connectivity index (χ3n) is 5.46. The average Bonchev–Trinajstić information content (AvgIpc) is 2.88. The van der Waals surface area contributed by atoms with Gasteiger partial charge in [-0.2, -0.15) is 0 Å². The van der Waals surface area contributed by atoms with Crippen molar-refractivity contribution in [3.05, 3.63) is 86.6 Å². The summed E-state index contributed by atoms with van der Waals surface area (Å²) in [7, 11) is 2.92. The van der Waals surface area contributed by atoms with Gasteiger partial charge in [0.05, 0.1) is 25.8 Å². The van der Waals surface area contributed by atoms with Crippen molar-refractivity contribution < 1.29 is 19.1 Å². The average molecular weight is 496 g/mol. The van der Waals surface area contributed by atoms with Crippen LogP contribution >= 0.6 is 0 Å². The van der Waals surface area contributed by atoms with Gasteiger partial charge in [0.15, 0.2) is 5.69 Å². The van der Waals surface area contributed by atoms with E-state index in [-0.39, 0.29) is 44.2 Å². The molecule has 1 aromatic heterocycles. The second-order valence-corrected chi connectivity index (χ2v) is 7.81. The minimum absolute atomic E-state index is 0.000656. The summed E-state index contributed by atoms with van der Waals surface area (Å²) in [6, 6.07) is 15.8. The molecule has 190 valence electrons. The van der Waals surface area contributed by atoms with Crippen LogP contribution in [-0.4, -0.2) is 55.3 Å². The third-order valence-corrected chi connectivity index (χ3v) is 5.46. The first kappa shape index (κ1) is 26.2. The molecule has 0 unspecified atom stereocenters. The minimum Gasteiger partial charge on any atom is -0.496 e. The number of carbonyl (C=O) groups is 2. The maximum atomic E-state index is 13.1. The zero-order valence-electron chi connectivity index (χ0n) is 20.2. The van der Waals surface area contributed by atoms with E-state index >= 15 is 0 Å². The van der Waals surface area contributed by atoms with Gasteiger partial charge < -0.3 is 25.4 Å². The molecular weight excluding hydrogens is 466 g/mol. The van der Waals surface area contributed by atoms with Crippen LogP contribution in [0.4, 0.5) is 11.5 Å². The van der Waals surface area contributed by atoms with Gasteiger partial charge >= 0.3 is 5.69 Å². The minimum atomic E-state index is -0.788. The number of hydrogen-bond donors (Lipinski definition) is 3. The molecule has 0 saturated carbocycles. The van der Waals surface area contributed by atoms with Crippen LogP contribution in [0.1, 0.15) is 22.3 Å². The Bertz CT molecular complexity index is 1320. The Hall–Kier alpha value is -4.38. The topological polar surface area (TPSA) is 149 Å². The van der Waals surface area contributed by atoms with Crippen molar-refractivity contribution in [3.63, 3.8) is 0 Å². The van der Waals surface area contributed by atoms with Crippen molar-refractivity contribution >= 4 is 23.3 Å². The Balaban J connectivity index is 1.82. The van der Waals surface area contributed by atoms with E-state index in [9.17, 15) is 19.2 Å². The SMILES string of the molecule is COCCN(C(=O)CCNC(=O)c1ccccc1OC)c1c(N)n(Cc2ccccc2)c(=O)[nH]c1=O. The second kappa shape index (κ2) is 12.4. The van der Waals surface area contributed by atoms with Gasteiger partial charge in [0, 0.05) is 26.6 Å². The first-order valence-corrected chi connectivity index (χ1v) is 11.2. The lowest BCUT2D eigenvalue weighted by Gasteiger charge is -2.24. The number of methoxy groups -OCH3 is 2. The molecule has 2 amide bonds. The molecule has 0 aliphatic rings. The van der Waals surface area contributed by atoms with Gasteiger partial charge in [-0.15, -0.1) is 0 Å². The fraction of sp³-hybridized carbons (Fsp3) is 0.280. The Morgan fingerprint density at radius 3 is 2.44 bits per heavy atom. The van der Waals surface area contributed by atoms with E-state index in [1.807, 2.05) is 30.3 Å². The lowest BCUT2D eigenvalue weighted by Crippen LogP contribution is -2.43. The molecule has 0 spiro atoms. The smallest absolute Gasteiger partial charge is 0.330 e. The first-order chi connectivity index (χ1) is 17.4. The molecule has 3 rings (SSSR count). The van der Waals surface area contributed by atoms with E-state index in [1.54, 1.807) is 24.3 Å². The van der Waals surface area contributed by atoms with E-state index in [0.29, 0.717) is 11.3 Å². The van der Waals surface area contributed by atoms with Crippen LogP contribution in [-0.2, 0) is 16.1 Å². The molecule has 11 heteroatoms. The van der Waals surface area contributed by atoms with Crippen molar-refractivity contribution in [2.45, 2.75) is 13.0 Å². The predicted octanol–water partition coefficient (Wildman–Crippen LogP) is 0.975. The number of hydrogen-bond acceptors (Lipinski definition) is 7. The quantitative estimate of drug-likeness (QED) is 0.359. The summed E-state index contributed by atoms with van der Waals surface area (Å²) in [5.74, 6) is -0.620. The van der Waals surface area contributed by atoms with E-state index in [1.165, 1.54) is 23.7 Å². The summed E-state index contributed by atoms with van der Waals surface area (Å²) in [5, 5.41) is 2.68. The van der Waals surface area contributed by atoms with Crippen LogP contribution in [0.15, 0.2) is 64.2 Å². The van der Waals surface area contributed by atoms with Gasteiger partial charge in [0.1, 0.15) is 11.6 Å². The maximum absolute atomic E-state index is 13.1. The van der Waals surface area contributed by atoms with Crippen LogP contribution in [0.2, 0.25) is 0 Å². The molecule has 2 aromatic carbocycles. The number of anilines is 2. The summed E-state index contributed by atoms with van der Waals surface area (Å²) >= 11 is 0. The Kier molecular flexibility index (Phi) is 9.01. The third kappa shape index (κ3) is 6.19. The molecule has 1 heterocycles. The zero-order valence-corrected chi connectivity index (χ0v) is 20.2. The number of benzene rings is 2. The van der Waals surface area contributed by atoms with Crippen molar-refractivity contribution in [2.24, 2.45) is 0 Å². The number of aromatic amines is 1. The molecule has 4 N–H and O–H groups in total. The molecule has 0 aliphatic heterocycles. The number of amides is 2. The molecule has 0 aliphatic carbocycles. The van der Waals surface area contributed by atoms with Crippen LogP contribution in [0.3, 0.4) is 0 Å². The summed E-state index contributed by atoms with van der Waals surface area (Å²) in [4.78, 5) is 54.3. The highest BCUT2D eigenvalue weighted by Crippen LogP contribution is 2.19. The first-order valence-electron chi connectivity index (χ1n) is 11.2. The number of nitrogens with zero attached hydrogens (tertiary/aromatic N) is 2. The zero-order chi connectivity index (χ0) is 26.1. The number of rotatable bonds is 11. The Labute approximate surface area is 207 Å². The number of nitrogens with one attached hydrogen (secondary N) is 2. The molecule has 0 fully saturated rings. The fourth-order valence-corrected chi connectivity index (χ4v) is 3.65. The van der Waals surface area contributed by atoms with Gasteiger partial charge in [-0.3, -0.25) is 23.9 Å². The van der Waals surface area contributed by atoms with E-state index in [0.717, 1.165) is 5.56 Å². The largest absolute Gasteiger partial charge is 0.496 e. The van der Waals surface area contributed by atoms with Crippen LogP contribution < -0.4 is 31.9 Å². The van der Waals surface area contributed by atoms with Gasteiger partial charge in [-0.25, -0.2) is 4.79 Å². The predicted molar refractivity (Wildman–Crippen MR) is 135 cm³/mol. The molecule has 0 radical (unpaired) electrons. The lowest BCUT2D eigenvalue weighted by molar-refractivity contribution is -0.118. The number of para-hydroxylation sites is 1. The van der Waals surface area contributed by atoms with Crippen LogP contribution in [0, 0.1) is 0 Å². The molecule has 0 atom stereocenters. The Morgan fingerprint density at radius 2 is 1.75 bits per heavy atom. The normalized spacial score (nSPS) is 10.6. The van der Waals surface area contributed by atoms with Gasteiger partial charge in [0.2, 0.25) is 5.91 Å². The highest BCUT2D eigenvalue weighted by atomic mass is 16.5. The van der Waals surface area contributed by atoms with E-state index in [4.69, 9.17) is 15.2 Å². The summed E-state index contributed by atoms with van der Waals surface area (Å²) in [5.41, 5.74) is 5.75. The molecule has 0 bridgehead atoms. The molecule has 0 saturated heterocycles. The van der Waals surface area contributed by atoms with E-state index < -0.39 is 23.1 Å². The summed E-state index contributed by atoms with van der Waals surface area (Å²) in [6.07, 6.45) is -0.124. The number of aromatic nitrogens is 2. The van der Waals surface area contributed by atoms with Gasteiger partial charge in [-0.1, -0.05) is 42.5 Å². The summed E-state index contributed by atoms with van der Waals surface area (Å²) < 4.78 is 11.5. The standard InChI is InChI=1S/C25H29N5O6/c1-35-15-14-29(20(31)12-13-27-23(32)18-10-6-7-11-19(18)36-2)21-22(26)30(25(34)28-24(21)33)16-17-8-4-3-5-9-17/h3-11H,12-16,26H2,1-2H3,(H,27,32)(H,28,33,34). The Morgan fingerprint density at radius 1 is 1.06 bits per heavy atom. The summed E-state index contributed by atoms with van der Waals surface area (Å²) in [6.45, 7) is 0.250. The molecule has 11 nitrogen and oxygen atoms in total. The van der Waals surface area contributed by atoms with Crippen molar-refractivity contribution in [2.75, 3.05) is 44.5 Å². The van der Waals surface area contributed by atoms with Gasteiger partial charge in [0.25, 0.3) is 11.5 Å². The number of carbonyl (C=O) groups excluding carboxylic acids is 2. The second-order valence-electron chi connectivity index (χ2n) is 7.81. The lowest BCUT2D eigenvalue weighted by atomic mass is 10.2. The van der Waals surface area contributed by atoms with Crippen molar-refractivity contribution in [3.8, 4) is 5.75 Å². The molecule has 3 aromatic rings. The fourth-order valence-electron chi connectivity index (χ4n) is 3.65. The number of nitrogen functional groups attached to an aromatic ring is 1. The van der Waals surface area contributed by atoms with Crippen molar-refractivity contribution in [1.29, 1.82) is 0 Å². The number of nitrogens with two attached hydrogens (primary N) is 1. The monoisotopic (exact) mass is 495 g/mol. The molecular formula is C25H29N5O6. The highest BCUT2D eigenvalue weighted by Gasteiger charge is 2.24. The maximum Gasteiger partial charge on any atom is 0.330 e.